The van der Waals surface area contributed by atoms with Gasteiger partial charge in [-0.25, -0.2) is 0 Å². The van der Waals surface area contributed by atoms with Gasteiger partial charge in [0.05, 0.1) is 11.0 Å². The van der Waals surface area contributed by atoms with Crippen LogP contribution in [-0.4, -0.2) is 4.57 Å². The zero-order valence-corrected chi connectivity index (χ0v) is 16.4. The topological polar surface area (TPSA) is 17.0 Å². The molecule has 0 aliphatic heterocycles. The fourth-order valence-corrected chi connectivity index (χ4v) is 4.41. The second kappa shape index (κ2) is 6.78. The lowest BCUT2D eigenvalue weighted by atomic mass is 10.1. The summed E-state index contributed by atoms with van der Waals surface area (Å²) in [5.41, 5.74) is 5.79. The average Bonchev–Trinajstić information content (AvgIpc) is 3.14. The van der Waals surface area contributed by atoms with Gasteiger partial charge in [0.15, 0.2) is 0 Å². The Labute approximate surface area is 175 Å². The van der Waals surface area contributed by atoms with Crippen LogP contribution in [0.1, 0.15) is 0 Å². The number of rotatable bonds is 3. The highest BCUT2D eigenvalue weighted by atomic mass is 15.0. The van der Waals surface area contributed by atoms with E-state index in [1.807, 2.05) is 0 Å². The van der Waals surface area contributed by atoms with Crippen molar-refractivity contribution in [3.05, 3.63) is 115 Å². The minimum absolute atomic E-state index is 1.07. The van der Waals surface area contributed by atoms with Crippen molar-refractivity contribution in [3.63, 3.8) is 0 Å². The molecule has 0 fully saturated rings. The SMILES string of the molecule is c1cc(Nc2cccc3ccccc23)cc(-n2c3ccccc3c3ccccc32)c1. The summed E-state index contributed by atoms with van der Waals surface area (Å²) in [7, 11) is 0. The van der Waals surface area contributed by atoms with Crippen molar-refractivity contribution in [2.24, 2.45) is 0 Å². The van der Waals surface area contributed by atoms with Crippen LogP contribution in [-0.2, 0) is 0 Å². The summed E-state index contributed by atoms with van der Waals surface area (Å²) < 4.78 is 2.35. The number of benzene rings is 5. The molecule has 142 valence electrons. The Morgan fingerprint density at radius 2 is 1.10 bits per heavy atom. The number of para-hydroxylation sites is 2. The summed E-state index contributed by atoms with van der Waals surface area (Å²) in [5, 5.41) is 8.65. The molecule has 6 rings (SSSR count). The molecule has 0 aliphatic carbocycles. The number of anilines is 2. The summed E-state index contributed by atoms with van der Waals surface area (Å²) >= 11 is 0. The molecule has 0 unspecified atom stereocenters. The molecule has 1 N–H and O–H groups in total. The van der Waals surface area contributed by atoms with Gasteiger partial charge < -0.3 is 9.88 Å². The van der Waals surface area contributed by atoms with Crippen molar-refractivity contribution < 1.29 is 0 Å². The van der Waals surface area contributed by atoms with Crippen LogP contribution in [0, 0.1) is 0 Å². The maximum atomic E-state index is 3.63. The van der Waals surface area contributed by atoms with Gasteiger partial charge in [-0.2, -0.15) is 0 Å². The van der Waals surface area contributed by atoms with E-state index in [-0.39, 0.29) is 0 Å². The molecule has 0 saturated carbocycles. The van der Waals surface area contributed by atoms with Crippen LogP contribution in [0.4, 0.5) is 11.4 Å². The quantitative estimate of drug-likeness (QED) is 0.331. The monoisotopic (exact) mass is 384 g/mol. The molecule has 0 aliphatic rings. The summed E-state index contributed by atoms with van der Waals surface area (Å²) in [4.78, 5) is 0. The molecule has 2 heteroatoms. The Bertz CT molecular complexity index is 1470. The van der Waals surface area contributed by atoms with Crippen molar-refractivity contribution in [2.75, 3.05) is 5.32 Å². The van der Waals surface area contributed by atoms with Gasteiger partial charge in [-0.3, -0.25) is 0 Å². The third-order valence-corrected chi connectivity index (χ3v) is 5.75. The Morgan fingerprint density at radius 1 is 0.500 bits per heavy atom. The lowest BCUT2D eigenvalue weighted by molar-refractivity contribution is 1.18. The zero-order chi connectivity index (χ0) is 19.9. The number of nitrogens with one attached hydrogen (secondary N) is 1. The van der Waals surface area contributed by atoms with Crippen LogP contribution in [0.25, 0.3) is 38.3 Å². The van der Waals surface area contributed by atoms with Crippen LogP contribution < -0.4 is 5.32 Å². The van der Waals surface area contributed by atoms with Gasteiger partial charge in [0, 0.05) is 33.2 Å². The molecular formula is C28H20N2. The van der Waals surface area contributed by atoms with Crippen molar-refractivity contribution in [1.82, 2.24) is 4.57 Å². The smallest absolute Gasteiger partial charge is 0.0541 e. The van der Waals surface area contributed by atoms with E-state index in [0.29, 0.717) is 0 Å². The van der Waals surface area contributed by atoms with Gasteiger partial charge in [0.1, 0.15) is 0 Å². The fraction of sp³-hybridized carbons (Fsp3) is 0. The van der Waals surface area contributed by atoms with Crippen molar-refractivity contribution >= 4 is 44.0 Å². The summed E-state index contributed by atoms with van der Waals surface area (Å²) in [6, 6.07) is 40.7. The predicted octanol–water partition coefficient (Wildman–Crippen LogP) is 7.68. The molecule has 0 radical (unpaired) electrons. The normalized spacial score (nSPS) is 11.3. The van der Waals surface area contributed by atoms with Gasteiger partial charge in [-0.1, -0.05) is 78.9 Å². The molecule has 0 spiro atoms. The fourth-order valence-electron chi connectivity index (χ4n) is 4.41. The average molecular weight is 384 g/mol. The summed E-state index contributed by atoms with van der Waals surface area (Å²) in [6.45, 7) is 0. The molecule has 0 amide bonds. The number of hydrogen-bond acceptors (Lipinski definition) is 1. The molecule has 5 aromatic carbocycles. The van der Waals surface area contributed by atoms with Crippen molar-refractivity contribution in [2.45, 2.75) is 0 Å². The third kappa shape index (κ3) is 2.66. The summed E-state index contributed by atoms with van der Waals surface area (Å²) in [5.74, 6) is 0. The van der Waals surface area contributed by atoms with Crippen molar-refractivity contribution in [3.8, 4) is 5.69 Å². The number of aromatic nitrogens is 1. The Hall–Kier alpha value is -4.04. The van der Waals surface area contributed by atoms with E-state index in [1.165, 1.54) is 32.6 Å². The standard InChI is InChI=1S/C28H20N2/c1-2-13-23-20(9-1)10-7-16-26(23)29-21-11-8-12-22(19-21)30-27-17-5-3-14-24(27)25-15-4-6-18-28(25)30/h1-19,29H. The lowest BCUT2D eigenvalue weighted by Crippen LogP contribution is -1.96. The van der Waals surface area contributed by atoms with Gasteiger partial charge >= 0.3 is 0 Å². The molecule has 0 saturated heterocycles. The van der Waals surface area contributed by atoms with Gasteiger partial charge in [-0.05, 0) is 41.8 Å². The van der Waals surface area contributed by atoms with E-state index in [2.05, 4.69) is 125 Å². The van der Waals surface area contributed by atoms with E-state index in [0.717, 1.165) is 17.1 Å². The van der Waals surface area contributed by atoms with E-state index in [4.69, 9.17) is 0 Å². The maximum absolute atomic E-state index is 3.63. The second-order valence-corrected chi connectivity index (χ2v) is 7.57. The third-order valence-electron chi connectivity index (χ3n) is 5.75. The largest absolute Gasteiger partial charge is 0.355 e. The number of nitrogens with zero attached hydrogens (tertiary/aromatic N) is 1. The van der Waals surface area contributed by atoms with Gasteiger partial charge in [0.2, 0.25) is 0 Å². The van der Waals surface area contributed by atoms with Crippen LogP contribution in [0.3, 0.4) is 0 Å². The minimum atomic E-state index is 1.07. The van der Waals surface area contributed by atoms with Gasteiger partial charge in [0.25, 0.3) is 0 Å². The van der Waals surface area contributed by atoms with E-state index >= 15 is 0 Å². The minimum Gasteiger partial charge on any atom is -0.355 e. The Kier molecular flexibility index (Phi) is 3.82. The Balaban J connectivity index is 1.51. The van der Waals surface area contributed by atoms with E-state index in [9.17, 15) is 0 Å². The molecule has 1 heterocycles. The van der Waals surface area contributed by atoms with Crippen LogP contribution >= 0.6 is 0 Å². The first-order valence-corrected chi connectivity index (χ1v) is 10.2. The number of fused-ring (bicyclic) bond motifs is 4. The first-order chi connectivity index (χ1) is 14.9. The molecule has 6 aromatic rings. The molecule has 0 atom stereocenters. The lowest BCUT2D eigenvalue weighted by Gasteiger charge is -2.13. The highest BCUT2D eigenvalue weighted by Gasteiger charge is 2.11. The van der Waals surface area contributed by atoms with Crippen LogP contribution in [0.2, 0.25) is 0 Å². The summed E-state index contributed by atoms with van der Waals surface area (Å²) in [6.07, 6.45) is 0. The molecule has 1 aromatic heterocycles. The molecule has 2 nitrogen and oxygen atoms in total. The maximum Gasteiger partial charge on any atom is 0.0541 e. The predicted molar refractivity (Wildman–Crippen MR) is 128 cm³/mol. The Morgan fingerprint density at radius 3 is 1.87 bits per heavy atom. The van der Waals surface area contributed by atoms with Crippen LogP contribution in [0.15, 0.2) is 115 Å². The number of hydrogen-bond donors (Lipinski definition) is 1. The van der Waals surface area contributed by atoms with Crippen LogP contribution in [0.5, 0.6) is 0 Å². The molecular weight excluding hydrogens is 364 g/mol. The van der Waals surface area contributed by atoms with E-state index in [1.54, 1.807) is 0 Å². The first kappa shape index (κ1) is 16.9. The molecule has 0 bridgehead atoms. The van der Waals surface area contributed by atoms with E-state index < -0.39 is 0 Å². The highest BCUT2D eigenvalue weighted by molar-refractivity contribution is 6.09. The zero-order valence-electron chi connectivity index (χ0n) is 16.4. The van der Waals surface area contributed by atoms with Gasteiger partial charge in [-0.15, -0.1) is 0 Å². The van der Waals surface area contributed by atoms with Crippen molar-refractivity contribution in [1.29, 1.82) is 0 Å². The molecule has 30 heavy (non-hydrogen) atoms. The first-order valence-electron chi connectivity index (χ1n) is 10.2. The second-order valence-electron chi connectivity index (χ2n) is 7.57. The highest BCUT2D eigenvalue weighted by Crippen LogP contribution is 2.33.